The predicted molar refractivity (Wildman–Crippen MR) is 69.7 cm³/mol. The van der Waals surface area contributed by atoms with Crippen molar-refractivity contribution in [2.45, 2.75) is 38.1 Å². The number of aromatic nitrogens is 1. The minimum Gasteiger partial charge on any atom is -0.394 e. The number of nitrogens with one attached hydrogen (secondary N) is 1. The zero-order valence-corrected chi connectivity index (χ0v) is 10.3. The summed E-state index contributed by atoms with van der Waals surface area (Å²) in [7, 11) is 0. The zero-order chi connectivity index (χ0) is 12.3. The fourth-order valence-electron chi connectivity index (χ4n) is 2.74. The van der Waals surface area contributed by atoms with Gasteiger partial charge in [0, 0.05) is 0 Å². The van der Waals surface area contributed by atoms with Crippen LogP contribution in [0.25, 0.3) is 0 Å². The number of nitrogens with zero attached hydrogens (tertiary/aromatic N) is 1. The molecule has 4 heteroatoms. The van der Waals surface area contributed by atoms with Gasteiger partial charge >= 0.3 is 0 Å². The van der Waals surface area contributed by atoms with Gasteiger partial charge in [0.15, 0.2) is 0 Å². The van der Waals surface area contributed by atoms with Crippen molar-refractivity contribution in [3.8, 4) is 0 Å². The van der Waals surface area contributed by atoms with E-state index >= 15 is 0 Å². The van der Waals surface area contributed by atoms with E-state index in [1.54, 1.807) is 12.3 Å². The van der Waals surface area contributed by atoms with E-state index in [9.17, 15) is 5.11 Å². The Bertz CT molecular complexity index is 365. The summed E-state index contributed by atoms with van der Waals surface area (Å²) < 4.78 is 0. The van der Waals surface area contributed by atoms with E-state index < -0.39 is 0 Å². The second-order valence-corrected chi connectivity index (χ2v) is 5.24. The third-order valence-electron chi connectivity index (χ3n) is 3.59. The lowest BCUT2D eigenvalue weighted by atomic mass is 9.76. The molecule has 94 valence electrons. The summed E-state index contributed by atoms with van der Waals surface area (Å²) in [5.74, 6) is 1.18. The van der Waals surface area contributed by atoms with Gasteiger partial charge in [-0.3, -0.25) is 0 Å². The molecule has 4 N–H and O–H groups in total. The molecule has 2 rings (SSSR count). The van der Waals surface area contributed by atoms with Crippen molar-refractivity contribution in [2.24, 2.45) is 5.92 Å². The van der Waals surface area contributed by atoms with Crippen LogP contribution >= 0.6 is 0 Å². The van der Waals surface area contributed by atoms with E-state index in [-0.39, 0.29) is 12.1 Å². The first kappa shape index (κ1) is 12.2. The monoisotopic (exact) mass is 235 g/mol. The summed E-state index contributed by atoms with van der Waals surface area (Å²) >= 11 is 0. The SMILES string of the molecule is CC1CCCC(CO)(Nc2ccc(N)nc2)C1. The molecule has 2 unspecified atom stereocenters. The van der Waals surface area contributed by atoms with Crippen molar-refractivity contribution in [1.29, 1.82) is 0 Å². The number of hydrogen-bond donors (Lipinski definition) is 3. The third kappa shape index (κ3) is 2.88. The Kier molecular flexibility index (Phi) is 3.52. The smallest absolute Gasteiger partial charge is 0.123 e. The second-order valence-electron chi connectivity index (χ2n) is 5.24. The molecule has 1 aromatic heterocycles. The normalized spacial score (nSPS) is 28.9. The van der Waals surface area contributed by atoms with Crippen LogP contribution in [0.15, 0.2) is 18.3 Å². The van der Waals surface area contributed by atoms with Crippen LogP contribution in [0.5, 0.6) is 0 Å². The molecule has 1 aromatic rings. The molecule has 1 saturated carbocycles. The van der Waals surface area contributed by atoms with Crippen LogP contribution in [-0.2, 0) is 0 Å². The van der Waals surface area contributed by atoms with E-state index in [1.165, 1.54) is 6.42 Å². The standard InChI is InChI=1S/C13H21N3O/c1-10-3-2-6-13(7-10,9-17)16-11-4-5-12(14)15-8-11/h4-5,8,10,16-17H,2-3,6-7,9H2,1H3,(H2,14,15). The van der Waals surface area contributed by atoms with Crippen molar-refractivity contribution < 1.29 is 5.11 Å². The Morgan fingerprint density at radius 3 is 3.00 bits per heavy atom. The molecule has 0 aromatic carbocycles. The molecule has 0 spiro atoms. The van der Waals surface area contributed by atoms with Crippen LogP contribution < -0.4 is 11.1 Å². The maximum absolute atomic E-state index is 9.67. The lowest BCUT2D eigenvalue weighted by molar-refractivity contribution is 0.149. The zero-order valence-electron chi connectivity index (χ0n) is 10.3. The molecule has 17 heavy (non-hydrogen) atoms. The van der Waals surface area contributed by atoms with Gasteiger partial charge in [-0.2, -0.15) is 0 Å². The number of aliphatic hydroxyl groups is 1. The number of nitrogen functional groups attached to an aromatic ring is 1. The number of rotatable bonds is 3. The van der Waals surface area contributed by atoms with Gasteiger partial charge in [0.1, 0.15) is 5.82 Å². The molecular weight excluding hydrogens is 214 g/mol. The molecule has 2 atom stereocenters. The minimum atomic E-state index is -0.185. The number of nitrogens with two attached hydrogens (primary N) is 1. The van der Waals surface area contributed by atoms with Gasteiger partial charge < -0.3 is 16.2 Å². The van der Waals surface area contributed by atoms with Gasteiger partial charge in [-0.1, -0.05) is 19.8 Å². The van der Waals surface area contributed by atoms with Crippen LogP contribution in [0.3, 0.4) is 0 Å². The maximum Gasteiger partial charge on any atom is 0.123 e. The Labute approximate surface area is 102 Å². The van der Waals surface area contributed by atoms with Crippen molar-refractivity contribution in [3.05, 3.63) is 18.3 Å². The molecule has 0 saturated heterocycles. The lowest BCUT2D eigenvalue weighted by Crippen LogP contribution is -2.45. The predicted octanol–water partition coefficient (Wildman–Crippen LogP) is 2.02. The topological polar surface area (TPSA) is 71.2 Å². The number of hydrogen-bond acceptors (Lipinski definition) is 4. The van der Waals surface area contributed by atoms with Crippen molar-refractivity contribution in [1.82, 2.24) is 4.98 Å². The van der Waals surface area contributed by atoms with Gasteiger partial charge in [0.05, 0.1) is 24.0 Å². The van der Waals surface area contributed by atoms with Gasteiger partial charge in [-0.05, 0) is 30.9 Å². The highest BCUT2D eigenvalue weighted by atomic mass is 16.3. The van der Waals surface area contributed by atoms with E-state index in [1.807, 2.05) is 6.07 Å². The first-order valence-corrected chi connectivity index (χ1v) is 6.24. The van der Waals surface area contributed by atoms with Gasteiger partial charge in [0.25, 0.3) is 0 Å². The summed E-state index contributed by atoms with van der Waals surface area (Å²) in [6, 6.07) is 3.69. The van der Waals surface area contributed by atoms with Crippen molar-refractivity contribution >= 4 is 11.5 Å². The third-order valence-corrected chi connectivity index (χ3v) is 3.59. The fraction of sp³-hybridized carbons (Fsp3) is 0.615. The van der Waals surface area contributed by atoms with Crippen LogP contribution in [0.2, 0.25) is 0 Å². The Balaban J connectivity index is 2.10. The highest BCUT2D eigenvalue weighted by Crippen LogP contribution is 2.34. The number of aliphatic hydroxyl groups excluding tert-OH is 1. The van der Waals surface area contributed by atoms with E-state index in [0.29, 0.717) is 11.7 Å². The quantitative estimate of drug-likeness (QED) is 0.749. The first-order chi connectivity index (χ1) is 8.13. The molecule has 1 aliphatic rings. The number of anilines is 2. The first-order valence-electron chi connectivity index (χ1n) is 6.24. The van der Waals surface area contributed by atoms with Crippen LogP contribution in [0.4, 0.5) is 11.5 Å². The van der Waals surface area contributed by atoms with Crippen LogP contribution in [-0.4, -0.2) is 22.2 Å². The summed E-state index contributed by atoms with van der Waals surface area (Å²) in [6.45, 7) is 2.41. The van der Waals surface area contributed by atoms with Gasteiger partial charge in [-0.25, -0.2) is 4.98 Å². The highest BCUT2D eigenvalue weighted by molar-refractivity contribution is 5.47. The summed E-state index contributed by atoms with van der Waals surface area (Å²) in [4.78, 5) is 4.06. The Morgan fingerprint density at radius 1 is 1.59 bits per heavy atom. The average Bonchev–Trinajstić information content (AvgIpc) is 2.32. The van der Waals surface area contributed by atoms with E-state index in [0.717, 1.165) is 24.9 Å². The molecule has 0 aliphatic heterocycles. The maximum atomic E-state index is 9.67. The van der Waals surface area contributed by atoms with Gasteiger partial charge in [-0.15, -0.1) is 0 Å². The van der Waals surface area contributed by atoms with E-state index in [4.69, 9.17) is 5.73 Å². The van der Waals surface area contributed by atoms with Crippen molar-refractivity contribution in [2.75, 3.05) is 17.7 Å². The Hall–Kier alpha value is -1.29. The van der Waals surface area contributed by atoms with E-state index in [2.05, 4.69) is 17.2 Å². The molecule has 1 heterocycles. The summed E-state index contributed by atoms with van der Waals surface area (Å²) in [5, 5.41) is 13.1. The minimum absolute atomic E-state index is 0.168. The molecule has 0 radical (unpaired) electrons. The summed E-state index contributed by atoms with van der Waals surface area (Å²) in [5.41, 5.74) is 6.31. The molecule has 1 fully saturated rings. The fourth-order valence-corrected chi connectivity index (χ4v) is 2.74. The molecule has 0 bridgehead atoms. The lowest BCUT2D eigenvalue weighted by Gasteiger charge is -2.40. The largest absolute Gasteiger partial charge is 0.394 e. The number of pyridine rings is 1. The molecule has 4 nitrogen and oxygen atoms in total. The van der Waals surface area contributed by atoms with Crippen LogP contribution in [0.1, 0.15) is 32.6 Å². The Morgan fingerprint density at radius 2 is 2.41 bits per heavy atom. The van der Waals surface area contributed by atoms with Crippen LogP contribution in [0, 0.1) is 5.92 Å². The average molecular weight is 235 g/mol. The molecule has 1 aliphatic carbocycles. The van der Waals surface area contributed by atoms with Crippen molar-refractivity contribution in [3.63, 3.8) is 0 Å². The van der Waals surface area contributed by atoms with Gasteiger partial charge in [0.2, 0.25) is 0 Å². The summed E-state index contributed by atoms with van der Waals surface area (Å²) in [6.07, 6.45) is 6.17. The molecule has 0 amide bonds. The second kappa shape index (κ2) is 4.92. The molecular formula is C13H21N3O. The highest BCUT2D eigenvalue weighted by Gasteiger charge is 2.34.